The summed E-state index contributed by atoms with van der Waals surface area (Å²) in [5.74, 6) is -0.224. The fourth-order valence-corrected chi connectivity index (χ4v) is 2.48. The average molecular weight is 348 g/mol. The van der Waals surface area contributed by atoms with E-state index in [0.29, 0.717) is 5.56 Å². The van der Waals surface area contributed by atoms with Crippen LogP contribution in [-0.4, -0.2) is 35.9 Å². The summed E-state index contributed by atoms with van der Waals surface area (Å²) in [7, 11) is 4.00. The van der Waals surface area contributed by atoms with Crippen molar-refractivity contribution in [3.8, 4) is 11.4 Å². The minimum atomic E-state index is -0.338. The Morgan fingerprint density at radius 2 is 1.77 bits per heavy atom. The van der Waals surface area contributed by atoms with E-state index in [1.54, 1.807) is 6.21 Å². The molecule has 26 heavy (non-hydrogen) atoms. The molecular formula is C20H20N4O2. The van der Waals surface area contributed by atoms with Crippen molar-refractivity contribution in [3.63, 3.8) is 0 Å². The van der Waals surface area contributed by atoms with Gasteiger partial charge in [-0.05, 0) is 60.7 Å². The van der Waals surface area contributed by atoms with Crippen LogP contribution in [0.2, 0.25) is 0 Å². The van der Waals surface area contributed by atoms with Gasteiger partial charge in [0.15, 0.2) is 0 Å². The number of aromatic hydroxyl groups is 1. The lowest BCUT2D eigenvalue weighted by atomic mass is 10.2. The SMILES string of the molecule is CN(C)c1ccc(-n2cccc2/C=N\NC(=O)c2ccc(O)cc2)cc1. The quantitative estimate of drug-likeness (QED) is 0.550. The van der Waals surface area contributed by atoms with Gasteiger partial charge in [-0.3, -0.25) is 4.79 Å². The van der Waals surface area contributed by atoms with E-state index in [1.807, 2.05) is 66.2 Å². The number of hydrogen-bond acceptors (Lipinski definition) is 4. The summed E-state index contributed by atoms with van der Waals surface area (Å²) in [5.41, 5.74) is 5.88. The monoisotopic (exact) mass is 348 g/mol. The molecule has 3 aromatic rings. The van der Waals surface area contributed by atoms with Crippen LogP contribution in [0.15, 0.2) is 72.0 Å². The largest absolute Gasteiger partial charge is 0.508 e. The highest BCUT2D eigenvalue weighted by Crippen LogP contribution is 2.17. The van der Waals surface area contributed by atoms with E-state index in [1.165, 1.54) is 24.3 Å². The van der Waals surface area contributed by atoms with Crippen molar-refractivity contribution < 1.29 is 9.90 Å². The maximum atomic E-state index is 12.0. The number of phenolic OH excluding ortho intramolecular Hbond substituents is 1. The number of aromatic nitrogens is 1. The maximum Gasteiger partial charge on any atom is 0.271 e. The number of rotatable bonds is 5. The smallest absolute Gasteiger partial charge is 0.271 e. The van der Waals surface area contributed by atoms with E-state index in [-0.39, 0.29) is 11.7 Å². The van der Waals surface area contributed by atoms with Crippen molar-refractivity contribution in [1.29, 1.82) is 0 Å². The Morgan fingerprint density at radius 1 is 1.08 bits per heavy atom. The Morgan fingerprint density at radius 3 is 2.42 bits per heavy atom. The first-order valence-electron chi connectivity index (χ1n) is 8.12. The molecule has 2 N–H and O–H groups in total. The van der Waals surface area contributed by atoms with Gasteiger partial charge < -0.3 is 14.6 Å². The zero-order valence-corrected chi connectivity index (χ0v) is 14.6. The Bertz CT molecular complexity index is 910. The molecule has 1 heterocycles. The molecule has 0 saturated heterocycles. The fraction of sp³-hybridized carbons (Fsp3) is 0.100. The summed E-state index contributed by atoms with van der Waals surface area (Å²) < 4.78 is 1.98. The molecule has 0 radical (unpaired) electrons. The second-order valence-electron chi connectivity index (χ2n) is 5.96. The zero-order chi connectivity index (χ0) is 18.5. The molecule has 0 aliphatic rings. The number of amides is 1. The molecule has 2 aromatic carbocycles. The van der Waals surface area contributed by atoms with Gasteiger partial charge in [-0.2, -0.15) is 5.10 Å². The molecule has 0 spiro atoms. The summed E-state index contributed by atoms with van der Waals surface area (Å²) in [6.07, 6.45) is 3.53. The first-order chi connectivity index (χ1) is 12.5. The molecule has 1 aromatic heterocycles. The van der Waals surface area contributed by atoms with E-state index < -0.39 is 0 Å². The molecule has 0 fully saturated rings. The van der Waals surface area contributed by atoms with Crippen LogP contribution in [0.25, 0.3) is 5.69 Å². The van der Waals surface area contributed by atoms with Crippen LogP contribution in [-0.2, 0) is 0 Å². The number of phenols is 1. The third kappa shape index (κ3) is 3.92. The molecule has 1 amide bonds. The van der Waals surface area contributed by atoms with Crippen molar-refractivity contribution in [3.05, 3.63) is 78.1 Å². The molecule has 0 saturated carbocycles. The lowest BCUT2D eigenvalue weighted by Crippen LogP contribution is -2.17. The Labute approximate surface area is 152 Å². The Balaban J connectivity index is 1.71. The molecule has 0 aliphatic carbocycles. The van der Waals surface area contributed by atoms with Crippen LogP contribution < -0.4 is 10.3 Å². The minimum absolute atomic E-state index is 0.114. The van der Waals surface area contributed by atoms with Gasteiger partial charge in [-0.15, -0.1) is 0 Å². The second kappa shape index (κ2) is 7.57. The number of nitrogens with zero attached hydrogens (tertiary/aromatic N) is 3. The minimum Gasteiger partial charge on any atom is -0.508 e. The standard InChI is InChI=1S/C20H20N4O2/c1-23(2)16-7-9-17(10-8-16)24-13-3-4-18(24)14-21-22-20(26)15-5-11-19(25)12-6-15/h3-14,25H,1-2H3,(H,22,26)/b21-14-. The number of carbonyl (C=O) groups excluding carboxylic acids is 1. The second-order valence-corrected chi connectivity index (χ2v) is 5.96. The molecule has 6 nitrogen and oxygen atoms in total. The molecule has 0 atom stereocenters. The summed E-state index contributed by atoms with van der Waals surface area (Å²) in [4.78, 5) is 14.1. The van der Waals surface area contributed by atoms with Crippen molar-refractivity contribution >= 4 is 17.8 Å². The van der Waals surface area contributed by atoms with Crippen molar-refractivity contribution in [2.75, 3.05) is 19.0 Å². The molecule has 6 heteroatoms. The lowest BCUT2D eigenvalue weighted by Gasteiger charge is -2.13. The predicted molar refractivity (Wildman–Crippen MR) is 103 cm³/mol. The van der Waals surface area contributed by atoms with Crippen molar-refractivity contribution in [1.82, 2.24) is 9.99 Å². The van der Waals surface area contributed by atoms with Crippen molar-refractivity contribution in [2.24, 2.45) is 5.10 Å². The summed E-state index contributed by atoms with van der Waals surface area (Å²) >= 11 is 0. The first kappa shape index (κ1) is 17.3. The van der Waals surface area contributed by atoms with Gasteiger partial charge in [0.1, 0.15) is 5.75 Å². The lowest BCUT2D eigenvalue weighted by molar-refractivity contribution is 0.0955. The number of hydrazone groups is 1. The van der Waals surface area contributed by atoms with Gasteiger partial charge in [0.2, 0.25) is 0 Å². The van der Waals surface area contributed by atoms with Crippen LogP contribution in [0.5, 0.6) is 5.75 Å². The van der Waals surface area contributed by atoms with Gasteiger partial charge in [-0.1, -0.05) is 0 Å². The van der Waals surface area contributed by atoms with E-state index in [9.17, 15) is 9.90 Å². The molecule has 0 unspecified atom stereocenters. The molecule has 0 bridgehead atoms. The number of benzene rings is 2. The highest BCUT2D eigenvalue weighted by molar-refractivity contribution is 5.94. The predicted octanol–water partition coefficient (Wildman–Crippen LogP) is 3.01. The van der Waals surface area contributed by atoms with Crippen LogP contribution in [0.4, 0.5) is 5.69 Å². The normalized spacial score (nSPS) is 10.8. The highest BCUT2D eigenvalue weighted by Gasteiger charge is 2.05. The number of hydrogen-bond donors (Lipinski definition) is 2. The summed E-state index contributed by atoms with van der Waals surface area (Å²) in [6, 6.07) is 18.0. The summed E-state index contributed by atoms with van der Waals surface area (Å²) in [6.45, 7) is 0. The van der Waals surface area contributed by atoms with Gasteiger partial charge >= 0.3 is 0 Å². The molecule has 0 aliphatic heterocycles. The van der Waals surface area contributed by atoms with E-state index in [0.717, 1.165) is 17.1 Å². The van der Waals surface area contributed by atoms with E-state index in [4.69, 9.17) is 0 Å². The van der Waals surface area contributed by atoms with E-state index in [2.05, 4.69) is 10.5 Å². The van der Waals surface area contributed by atoms with Crippen LogP contribution >= 0.6 is 0 Å². The van der Waals surface area contributed by atoms with Crippen molar-refractivity contribution in [2.45, 2.75) is 0 Å². The average Bonchev–Trinajstić information content (AvgIpc) is 3.10. The highest BCUT2D eigenvalue weighted by atomic mass is 16.3. The maximum absolute atomic E-state index is 12.0. The summed E-state index contributed by atoms with van der Waals surface area (Å²) in [5, 5.41) is 13.3. The van der Waals surface area contributed by atoms with Gasteiger partial charge in [0.05, 0.1) is 11.9 Å². The Hall–Kier alpha value is -3.54. The van der Waals surface area contributed by atoms with Gasteiger partial charge in [0.25, 0.3) is 5.91 Å². The number of carbonyl (C=O) groups is 1. The number of anilines is 1. The molecular weight excluding hydrogens is 328 g/mol. The Kier molecular flexibility index (Phi) is 5.03. The van der Waals surface area contributed by atoms with Crippen LogP contribution in [0.1, 0.15) is 16.1 Å². The fourth-order valence-electron chi connectivity index (χ4n) is 2.48. The first-order valence-corrected chi connectivity index (χ1v) is 8.12. The molecule has 3 rings (SSSR count). The van der Waals surface area contributed by atoms with Crippen LogP contribution in [0.3, 0.4) is 0 Å². The third-order valence-corrected chi connectivity index (χ3v) is 3.92. The third-order valence-electron chi connectivity index (χ3n) is 3.92. The topological polar surface area (TPSA) is 69.9 Å². The van der Waals surface area contributed by atoms with Crippen LogP contribution in [0, 0.1) is 0 Å². The molecule has 132 valence electrons. The number of nitrogens with one attached hydrogen (secondary N) is 1. The van der Waals surface area contributed by atoms with Gasteiger partial charge in [0, 0.05) is 37.2 Å². The van der Waals surface area contributed by atoms with Gasteiger partial charge in [-0.25, -0.2) is 5.43 Å². The van der Waals surface area contributed by atoms with E-state index >= 15 is 0 Å². The zero-order valence-electron chi connectivity index (χ0n) is 14.6.